The molecule has 3 heterocycles. The van der Waals surface area contributed by atoms with Gasteiger partial charge in [0.2, 0.25) is 10.0 Å². The second kappa shape index (κ2) is 6.88. The third kappa shape index (κ3) is 3.33. The van der Waals surface area contributed by atoms with Gasteiger partial charge in [-0.05, 0) is 26.3 Å². The summed E-state index contributed by atoms with van der Waals surface area (Å²) in [4.78, 5) is 2.72. The van der Waals surface area contributed by atoms with E-state index in [2.05, 4.69) is 10.2 Å². The molecule has 1 unspecified atom stereocenters. The van der Waals surface area contributed by atoms with Crippen molar-refractivity contribution < 1.29 is 12.8 Å². The van der Waals surface area contributed by atoms with Gasteiger partial charge in [-0.2, -0.15) is 4.31 Å². The summed E-state index contributed by atoms with van der Waals surface area (Å²) in [5.41, 5.74) is 0. The van der Waals surface area contributed by atoms with Crippen molar-refractivity contribution in [1.29, 1.82) is 0 Å². The van der Waals surface area contributed by atoms with Gasteiger partial charge >= 0.3 is 0 Å². The smallest absolute Gasteiger partial charge is 0.246 e. The number of piperazine rings is 1. The SMILES string of the molecule is Cc1cc(S(=O)(=O)N2CCC(N3CCNCC3)C2)c(C)o1.Cl. The van der Waals surface area contributed by atoms with Gasteiger partial charge in [-0.25, -0.2) is 8.42 Å². The first-order valence-electron chi connectivity index (χ1n) is 7.50. The lowest BCUT2D eigenvalue weighted by molar-refractivity contribution is 0.179. The molecule has 1 N–H and O–H groups in total. The minimum Gasteiger partial charge on any atom is -0.465 e. The van der Waals surface area contributed by atoms with E-state index in [0.717, 1.165) is 32.6 Å². The fraction of sp³-hybridized carbons (Fsp3) is 0.714. The molecule has 2 fully saturated rings. The van der Waals surface area contributed by atoms with Gasteiger partial charge in [0.1, 0.15) is 16.4 Å². The highest BCUT2D eigenvalue weighted by atomic mass is 35.5. The first-order valence-corrected chi connectivity index (χ1v) is 8.94. The third-order valence-corrected chi connectivity index (χ3v) is 6.38. The molecule has 6 nitrogen and oxygen atoms in total. The molecule has 0 saturated carbocycles. The fourth-order valence-corrected chi connectivity index (χ4v) is 4.99. The summed E-state index contributed by atoms with van der Waals surface area (Å²) >= 11 is 0. The van der Waals surface area contributed by atoms with Gasteiger partial charge in [0.15, 0.2) is 0 Å². The van der Waals surface area contributed by atoms with Crippen molar-refractivity contribution in [2.45, 2.75) is 31.2 Å². The molecule has 3 rings (SSSR count). The van der Waals surface area contributed by atoms with Gasteiger partial charge in [-0.1, -0.05) is 0 Å². The number of nitrogens with zero attached hydrogens (tertiary/aromatic N) is 2. The summed E-state index contributed by atoms with van der Waals surface area (Å²) < 4.78 is 32.5. The molecule has 2 aliphatic rings. The largest absolute Gasteiger partial charge is 0.465 e. The molecule has 0 amide bonds. The summed E-state index contributed by atoms with van der Waals surface area (Å²) in [7, 11) is -3.42. The van der Waals surface area contributed by atoms with E-state index in [4.69, 9.17) is 4.42 Å². The van der Waals surface area contributed by atoms with Gasteiger partial charge in [0.05, 0.1) is 0 Å². The average Bonchev–Trinajstić information content (AvgIpc) is 3.07. The number of halogens is 1. The summed E-state index contributed by atoms with van der Waals surface area (Å²) in [6.07, 6.45) is 0.912. The normalized spacial score (nSPS) is 24.4. The predicted molar refractivity (Wildman–Crippen MR) is 87.0 cm³/mol. The van der Waals surface area contributed by atoms with Crippen LogP contribution in [0.1, 0.15) is 17.9 Å². The summed E-state index contributed by atoms with van der Waals surface area (Å²) in [6, 6.07) is 1.97. The molecule has 0 bridgehead atoms. The monoisotopic (exact) mass is 349 g/mol. The Morgan fingerprint density at radius 3 is 2.50 bits per heavy atom. The van der Waals surface area contributed by atoms with E-state index >= 15 is 0 Å². The second-order valence-electron chi connectivity index (χ2n) is 5.87. The number of hydrogen-bond acceptors (Lipinski definition) is 5. The van der Waals surface area contributed by atoms with Crippen molar-refractivity contribution in [2.75, 3.05) is 39.3 Å². The van der Waals surface area contributed by atoms with E-state index in [1.165, 1.54) is 0 Å². The van der Waals surface area contributed by atoms with Crippen LogP contribution in [0.4, 0.5) is 0 Å². The lowest BCUT2D eigenvalue weighted by atomic mass is 10.2. The van der Waals surface area contributed by atoms with Gasteiger partial charge in [-0.15, -0.1) is 12.4 Å². The lowest BCUT2D eigenvalue weighted by Crippen LogP contribution is -2.49. The van der Waals surface area contributed by atoms with E-state index in [9.17, 15) is 8.42 Å². The predicted octanol–water partition coefficient (Wildman–Crippen LogP) is 0.986. The van der Waals surface area contributed by atoms with Crippen molar-refractivity contribution in [1.82, 2.24) is 14.5 Å². The quantitative estimate of drug-likeness (QED) is 0.881. The Bertz CT molecular complexity index is 611. The van der Waals surface area contributed by atoms with Crippen LogP contribution in [0.5, 0.6) is 0 Å². The molecule has 1 aromatic heterocycles. The van der Waals surface area contributed by atoms with Crippen molar-refractivity contribution in [3.05, 3.63) is 17.6 Å². The molecule has 0 spiro atoms. The maximum absolute atomic E-state index is 12.7. The van der Waals surface area contributed by atoms with Crippen LogP contribution in [-0.2, 0) is 10.0 Å². The van der Waals surface area contributed by atoms with Crippen molar-refractivity contribution >= 4 is 22.4 Å². The van der Waals surface area contributed by atoms with Gasteiger partial charge in [-0.3, -0.25) is 4.90 Å². The first-order chi connectivity index (χ1) is 9.98. The van der Waals surface area contributed by atoms with Gasteiger partial charge in [0, 0.05) is 45.3 Å². The zero-order valence-electron chi connectivity index (χ0n) is 13.0. The Kier molecular flexibility index (Phi) is 5.55. The van der Waals surface area contributed by atoms with Crippen LogP contribution in [-0.4, -0.2) is 62.9 Å². The number of hydrogen-bond donors (Lipinski definition) is 1. The molecule has 0 aliphatic carbocycles. The topological polar surface area (TPSA) is 65.8 Å². The van der Waals surface area contributed by atoms with Crippen molar-refractivity contribution in [3.8, 4) is 0 Å². The van der Waals surface area contributed by atoms with Crippen LogP contribution in [0.2, 0.25) is 0 Å². The van der Waals surface area contributed by atoms with Crippen LogP contribution in [0.3, 0.4) is 0 Å². The number of aryl methyl sites for hydroxylation is 2. The maximum atomic E-state index is 12.7. The summed E-state index contributed by atoms with van der Waals surface area (Å²) in [6.45, 7) is 8.66. The van der Waals surface area contributed by atoms with Crippen LogP contribution in [0, 0.1) is 13.8 Å². The Labute approximate surface area is 138 Å². The van der Waals surface area contributed by atoms with Gasteiger partial charge < -0.3 is 9.73 Å². The number of sulfonamides is 1. The Morgan fingerprint density at radius 2 is 1.91 bits per heavy atom. The Morgan fingerprint density at radius 1 is 1.23 bits per heavy atom. The van der Waals surface area contributed by atoms with Crippen LogP contribution in [0.15, 0.2) is 15.4 Å². The van der Waals surface area contributed by atoms with Crippen LogP contribution in [0.25, 0.3) is 0 Å². The molecular formula is C14H24ClN3O3S. The maximum Gasteiger partial charge on any atom is 0.246 e. The molecule has 22 heavy (non-hydrogen) atoms. The van der Waals surface area contributed by atoms with Gasteiger partial charge in [0.25, 0.3) is 0 Å². The van der Waals surface area contributed by atoms with Crippen molar-refractivity contribution in [3.63, 3.8) is 0 Å². The zero-order chi connectivity index (χ0) is 15.0. The number of rotatable bonds is 3. The first kappa shape index (κ1) is 17.7. The molecule has 0 radical (unpaired) electrons. The molecule has 126 valence electrons. The molecule has 8 heteroatoms. The van der Waals surface area contributed by atoms with E-state index in [1.807, 2.05) is 0 Å². The molecule has 2 aliphatic heterocycles. The molecule has 1 atom stereocenters. The van der Waals surface area contributed by atoms with Crippen LogP contribution < -0.4 is 5.32 Å². The third-order valence-electron chi connectivity index (χ3n) is 4.41. The average molecular weight is 350 g/mol. The number of nitrogens with one attached hydrogen (secondary N) is 1. The molecular weight excluding hydrogens is 326 g/mol. The standard InChI is InChI=1S/C14H23N3O3S.ClH/c1-11-9-14(12(2)20-11)21(18,19)17-6-3-13(10-17)16-7-4-15-5-8-16;/h9,13,15H,3-8,10H2,1-2H3;1H. The number of furan rings is 1. The highest BCUT2D eigenvalue weighted by Gasteiger charge is 2.36. The summed E-state index contributed by atoms with van der Waals surface area (Å²) in [5, 5.41) is 3.33. The Hall–Kier alpha value is -0.600. The zero-order valence-corrected chi connectivity index (χ0v) is 14.7. The molecule has 2 saturated heterocycles. The Balaban J connectivity index is 0.00000176. The minimum absolute atomic E-state index is 0. The lowest BCUT2D eigenvalue weighted by Gasteiger charge is -2.32. The molecule has 0 aromatic carbocycles. The van der Waals surface area contributed by atoms with Crippen molar-refractivity contribution in [2.24, 2.45) is 0 Å². The van der Waals surface area contributed by atoms with Crippen LogP contribution >= 0.6 is 12.4 Å². The minimum atomic E-state index is -3.42. The summed E-state index contributed by atoms with van der Waals surface area (Å²) in [5.74, 6) is 1.13. The highest BCUT2D eigenvalue weighted by Crippen LogP contribution is 2.27. The van der Waals surface area contributed by atoms with E-state index in [1.54, 1.807) is 24.2 Å². The fourth-order valence-electron chi connectivity index (χ4n) is 3.28. The second-order valence-corrected chi connectivity index (χ2v) is 7.78. The van der Waals surface area contributed by atoms with E-state index in [0.29, 0.717) is 35.5 Å². The van der Waals surface area contributed by atoms with E-state index in [-0.39, 0.29) is 12.4 Å². The van der Waals surface area contributed by atoms with E-state index < -0.39 is 10.0 Å². The molecule has 1 aromatic rings. The highest BCUT2D eigenvalue weighted by molar-refractivity contribution is 7.89.